The molecule has 1 aliphatic heterocycles. The van der Waals surface area contributed by atoms with Crippen molar-refractivity contribution in [2.75, 3.05) is 13.2 Å². The van der Waals surface area contributed by atoms with E-state index in [4.69, 9.17) is 9.47 Å². The lowest BCUT2D eigenvalue weighted by Crippen LogP contribution is -2.40. The van der Waals surface area contributed by atoms with Gasteiger partial charge in [0, 0.05) is 6.42 Å². The summed E-state index contributed by atoms with van der Waals surface area (Å²) in [6, 6.07) is 7.56. The normalized spacial score (nSPS) is 17.6. The Labute approximate surface area is 101 Å². The fourth-order valence-corrected chi connectivity index (χ4v) is 1.71. The van der Waals surface area contributed by atoms with Crippen LogP contribution < -0.4 is 14.8 Å². The van der Waals surface area contributed by atoms with Crippen molar-refractivity contribution in [2.45, 2.75) is 25.9 Å². The van der Waals surface area contributed by atoms with Crippen LogP contribution in [-0.2, 0) is 4.79 Å². The number of rotatable bonds is 4. The smallest absolute Gasteiger partial charge is 0.220 e. The Hall–Kier alpha value is -1.71. The highest BCUT2D eigenvalue weighted by Gasteiger charge is 2.20. The number of amides is 1. The monoisotopic (exact) mass is 235 g/mol. The van der Waals surface area contributed by atoms with Crippen molar-refractivity contribution in [1.82, 2.24) is 5.32 Å². The van der Waals surface area contributed by atoms with Gasteiger partial charge in [0.25, 0.3) is 0 Å². The molecule has 0 bridgehead atoms. The van der Waals surface area contributed by atoms with Crippen molar-refractivity contribution in [1.29, 1.82) is 0 Å². The molecule has 0 saturated heterocycles. The highest BCUT2D eigenvalue weighted by atomic mass is 16.6. The van der Waals surface area contributed by atoms with Gasteiger partial charge in [-0.15, -0.1) is 0 Å². The van der Waals surface area contributed by atoms with Crippen molar-refractivity contribution < 1.29 is 14.3 Å². The van der Waals surface area contributed by atoms with Crippen LogP contribution in [0.5, 0.6) is 11.5 Å². The standard InChI is InChI=1S/C13H17NO3/c1-2-5-13(15)14-8-10-9-16-11-6-3-4-7-12(11)17-10/h3-4,6-7,10H,2,5,8-9H2,1H3,(H,14,15). The van der Waals surface area contributed by atoms with Gasteiger partial charge in [0.15, 0.2) is 11.5 Å². The predicted octanol–water partition coefficient (Wildman–Crippen LogP) is 1.74. The van der Waals surface area contributed by atoms with Crippen LogP contribution in [0, 0.1) is 0 Å². The first-order valence-corrected chi connectivity index (χ1v) is 5.94. The predicted molar refractivity (Wildman–Crippen MR) is 64.3 cm³/mol. The van der Waals surface area contributed by atoms with E-state index in [0.717, 1.165) is 17.9 Å². The fourth-order valence-electron chi connectivity index (χ4n) is 1.71. The van der Waals surface area contributed by atoms with Crippen LogP contribution >= 0.6 is 0 Å². The zero-order valence-corrected chi connectivity index (χ0v) is 9.94. The molecular weight excluding hydrogens is 218 g/mol. The van der Waals surface area contributed by atoms with Crippen molar-refractivity contribution >= 4 is 5.91 Å². The van der Waals surface area contributed by atoms with Crippen molar-refractivity contribution in [3.05, 3.63) is 24.3 Å². The summed E-state index contributed by atoms with van der Waals surface area (Å²) in [5.74, 6) is 1.58. The van der Waals surface area contributed by atoms with Crippen LogP contribution in [-0.4, -0.2) is 25.2 Å². The Morgan fingerprint density at radius 3 is 2.94 bits per heavy atom. The van der Waals surface area contributed by atoms with Gasteiger partial charge in [-0.2, -0.15) is 0 Å². The average Bonchev–Trinajstić information content (AvgIpc) is 2.36. The fraction of sp³-hybridized carbons (Fsp3) is 0.462. The van der Waals surface area contributed by atoms with Gasteiger partial charge in [0.2, 0.25) is 5.91 Å². The Bertz CT molecular complexity index is 392. The van der Waals surface area contributed by atoms with E-state index in [-0.39, 0.29) is 12.0 Å². The molecular formula is C13H17NO3. The lowest BCUT2D eigenvalue weighted by atomic mass is 10.2. The molecule has 92 valence electrons. The molecule has 4 heteroatoms. The van der Waals surface area contributed by atoms with Crippen LogP contribution in [0.4, 0.5) is 0 Å². The first-order chi connectivity index (χ1) is 8.29. The van der Waals surface area contributed by atoms with Crippen molar-refractivity contribution in [3.8, 4) is 11.5 Å². The van der Waals surface area contributed by atoms with E-state index in [1.807, 2.05) is 31.2 Å². The van der Waals surface area contributed by atoms with Gasteiger partial charge in [-0.1, -0.05) is 19.1 Å². The molecule has 1 unspecified atom stereocenters. The summed E-state index contributed by atoms with van der Waals surface area (Å²) in [6.45, 7) is 2.95. The van der Waals surface area contributed by atoms with Gasteiger partial charge >= 0.3 is 0 Å². The zero-order valence-electron chi connectivity index (χ0n) is 9.94. The van der Waals surface area contributed by atoms with Gasteiger partial charge in [0.1, 0.15) is 12.7 Å². The molecule has 0 saturated carbocycles. The minimum Gasteiger partial charge on any atom is -0.486 e. The van der Waals surface area contributed by atoms with E-state index >= 15 is 0 Å². The number of fused-ring (bicyclic) bond motifs is 1. The molecule has 4 nitrogen and oxygen atoms in total. The lowest BCUT2D eigenvalue weighted by molar-refractivity contribution is -0.121. The SMILES string of the molecule is CCCC(=O)NCC1COc2ccccc2O1. The molecule has 1 N–H and O–H groups in total. The molecule has 1 aromatic rings. The highest BCUT2D eigenvalue weighted by Crippen LogP contribution is 2.30. The van der Waals surface area contributed by atoms with Gasteiger partial charge in [-0.25, -0.2) is 0 Å². The molecule has 0 fully saturated rings. The van der Waals surface area contributed by atoms with Crippen molar-refractivity contribution in [3.63, 3.8) is 0 Å². The largest absolute Gasteiger partial charge is 0.486 e. The van der Waals surface area contributed by atoms with E-state index in [1.54, 1.807) is 0 Å². The van der Waals surface area contributed by atoms with Gasteiger partial charge in [-0.05, 0) is 18.6 Å². The van der Waals surface area contributed by atoms with E-state index in [1.165, 1.54) is 0 Å². The summed E-state index contributed by atoms with van der Waals surface area (Å²) in [7, 11) is 0. The second-order valence-electron chi connectivity index (χ2n) is 4.05. The molecule has 0 radical (unpaired) electrons. The summed E-state index contributed by atoms with van der Waals surface area (Å²) in [5, 5.41) is 2.84. The molecule has 2 rings (SSSR count). The van der Waals surface area contributed by atoms with Gasteiger partial charge in [0.05, 0.1) is 6.54 Å². The van der Waals surface area contributed by atoms with Gasteiger partial charge < -0.3 is 14.8 Å². The van der Waals surface area contributed by atoms with E-state index in [0.29, 0.717) is 19.6 Å². The molecule has 1 aliphatic rings. The van der Waals surface area contributed by atoms with Gasteiger partial charge in [-0.3, -0.25) is 4.79 Å². The highest BCUT2D eigenvalue weighted by molar-refractivity contribution is 5.75. The lowest BCUT2D eigenvalue weighted by Gasteiger charge is -2.26. The van der Waals surface area contributed by atoms with Crippen molar-refractivity contribution in [2.24, 2.45) is 0 Å². The van der Waals surface area contributed by atoms with E-state index in [9.17, 15) is 4.79 Å². The molecule has 0 spiro atoms. The zero-order chi connectivity index (χ0) is 12.1. The summed E-state index contributed by atoms with van der Waals surface area (Å²) in [6.07, 6.45) is 1.31. The number of benzene rings is 1. The second kappa shape index (κ2) is 5.57. The Balaban J connectivity index is 1.84. The molecule has 17 heavy (non-hydrogen) atoms. The maximum Gasteiger partial charge on any atom is 0.220 e. The average molecular weight is 235 g/mol. The number of nitrogens with one attached hydrogen (secondary N) is 1. The van der Waals surface area contributed by atoms with Crippen LogP contribution in [0.25, 0.3) is 0 Å². The molecule has 1 amide bonds. The number of carbonyl (C=O) groups is 1. The third-order valence-corrected chi connectivity index (χ3v) is 2.57. The molecule has 1 atom stereocenters. The van der Waals surface area contributed by atoms with E-state index < -0.39 is 0 Å². The number of hydrogen-bond donors (Lipinski definition) is 1. The number of carbonyl (C=O) groups excluding carboxylic acids is 1. The molecule has 1 heterocycles. The van der Waals surface area contributed by atoms with Crippen LogP contribution in [0.1, 0.15) is 19.8 Å². The quantitative estimate of drug-likeness (QED) is 0.864. The maximum absolute atomic E-state index is 11.3. The number of para-hydroxylation sites is 2. The Kier molecular flexibility index (Phi) is 3.85. The van der Waals surface area contributed by atoms with Crippen LogP contribution in [0.2, 0.25) is 0 Å². The molecule has 0 aliphatic carbocycles. The third kappa shape index (κ3) is 3.12. The summed E-state index contributed by atoms with van der Waals surface area (Å²) < 4.78 is 11.3. The number of hydrogen-bond acceptors (Lipinski definition) is 3. The minimum atomic E-state index is -0.106. The minimum absolute atomic E-state index is 0.0648. The third-order valence-electron chi connectivity index (χ3n) is 2.57. The molecule has 1 aromatic carbocycles. The summed E-state index contributed by atoms with van der Waals surface area (Å²) in [4.78, 5) is 11.3. The van der Waals surface area contributed by atoms with Crippen LogP contribution in [0.3, 0.4) is 0 Å². The second-order valence-corrected chi connectivity index (χ2v) is 4.05. The first kappa shape index (κ1) is 11.8. The Morgan fingerprint density at radius 2 is 2.18 bits per heavy atom. The summed E-state index contributed by atoms with van der Waals surface area (Å²) >= 11 is 0. The summed E-state index contributed by atoms with van der Waals surface area (Å²) in [5.41, 5.74) is 0. The number of ether oxygens (including phenoxy) is 2. The molecule has 0 aromatic heterocycles. The Morgan fingerprint density at radius 1 is 1.41 bits per heavy atom. The first-order valence-electron chi connectivity index (χ1n) is 5.94. The van der Waals surface area contributed by atoms with Crippen LogP contribution in [0.15, 0.2) is 24.3 Å². The maximum atomic E-state index is 11.3. The van der Waals surface area contributed by atoms with E-state index in [2.05, 4.69) is 5.32 Å². The topological polar surface area (TPSA) is 47.6 Å².